The van der Waals surface area contributed by atoms with Gasteiger partial charge in [0.15, 0.2) is 0 Å². The molecule has 1 N–H and O–H groups in total. The molecular formula is C33H53N. The molecule has 0 amide bonds. The highest BCUT2D eigenvalue weighted by Gasteiger charge is 2.39. The second-order valence-electron chi connectivity index (χ2n) is 11.8. The maximum absolute atomic E-state index is 4.36. The van der Waals surface area contributed by atoms with E-state index >= 15 is 0 Å². The molecule has 0 fully saturated rings. The number of rotatable bonds is 14. The molecule has 0 aliphatic heterocycles. The van der Waals surface area contributed by atoms with Crippen LogP contribution in [0.25, 0.3) is 0 Å². The van der Waals surface area contributed by atoms with E-state index in [0.717, 1.165) is 32.2 Å². The third-order valence-corrected chi connectivity index (χ3v) is 7.40. The number of allylic oxidation sites excluding steroid dienone is 9. The average molecular weight is 464 g/mol. The Hall–Kier alpha value is -1.76. The Morgan fingerprint density at radius 1 is 1.06 bits per heavy atom. The van der Waals surface area contributed by atoms with Crippen molar-refractivity contribution in [1.29, 1.82) is 0 Å². The maximum Gasteiger partial charge on any atom is 0.0343 e. The zero-order valence-electron chi connectivity index (χ0n) is 23.6. The smallest absolute Gasteiger partial charge is 0.0343 e. The van der Waals surface area contributed by atoms with Gasteiger partial charge in [-0.15, -0.1) is 13.2 Å². The van der Waals surface area contributed by atoms with E-state index in [1.165, 1.54) is 60.9 Å². The van der Waals surface area contributed by atoms with E-state index in [9.17, 15) is 0 Å². The highest BCUT2D eigenvalue weighted by atomic mass is 14.9. The van der Waals surface area contributed by atoms with Crippen molar-refractivity contribution in [3.8, 4) is 0 Å². The van der Waals surface area contributed by atoms with Gasteiger partial charge in [-0.1, -0.05) is 79.7 Å². The van der Waals surface area contributed by atoms with Crippen molar-refractivity contribution in [2.75, 3.05) is 6.54 Å². The predicted molar refractivity (Wildman–Crippen MR) is 153 cm³/mol. The number of hydrogen-bond acceptors (Lipinski definition) is 1. The minimum Gasteiger partial charge on any atom is -0.385 e. The van der Waals surface area contributed by atoms with Crippen molar-refractivity contribution in [2.45, 2.75) is 113 Å². The topological polar surface area (TPSA) is 12.0 Å². The lowest BCUT2D eigenvalue weighted by atomic mass is 9.63. The van der Waals surface area contributed by atoms with Crippen LogP contribution in [-0.2, 0) is 0 Å². The van der Waals surface area contributed by atoms with Gasteiger partial charge in [0, 0.05) is 24.1 Å². The number of unbranched alkanes of at least 4 members (excludes halogenated alkanes) is 2. The molecule has 0 aromatic carbocycles. The Labute approximate surface area is 212 Å². The molecule has 190 valence electrons. The van der Waals surface area contributed by atoms with Gasteiger partial charge in [0.2, 0.25) is 0 Å². The van der Waals surface area contributed by atoms with Gasteiger partial charge in [0.1, 0.15) is 0 Å². The Morgan fingerprint density at radius 3 is 2.35 bits per heavy atom. The van der Waals surface area contributed by atoms with E-state index in [1.54, 1.807) is 16.7 Å². The van der Waals surface area contributed by atoms with Crippen molar-refractivity contribution in [3.05, 3.63) is 70.5 Å². The molecule has 0 radical (unpaired) electrons. The molecule has 0 aromatic heterocycles. The van der Waals surface area contributed by atoms with Crippen LogP contribution in [0.5, 0.6) is 0 Å². The maximum atomic E-state index is 4.36. The first-order valence-electron chi connectivity index (χ1n) is 13.9. The minimum absolute atomic E-state index is 0.188. The second-order valence-corrected chi connectivity index (χ2v) is 11.8. The molecule has 0 saturated carbocycles. The number of nitrogens with one attached hydrogen (secondary N) is 1. The molecule has 2 rings (SSSR count). The molecule has 2 aliphatic rings. The van der Waals surface area contributed by atoms with E-state index in [4.69, 9.17) is 0 Å². The summed E-state index contributed by atoms with van der Waals surface area (Å²) in [6, 6.07) is 0. The molecule has 0 spiro atoms. The third-order valence-electron chi connectivity index (χ3n) is 7.40. The first-order valence-corrected chi connectivity index (χ1v) is 13.9. The zero-order chi connectivity index (χ0) is 25.3. The summed E-state index contributed by atoms with van der Waals surface area (Å²) in [5, 5.41) is 3.88. The second kappa shape index (κ2) is 13.4. The summed E-state index contributed by atoms with van der Waals surface area (Å²) in [5.74, 6) is 0.962. The van der Waals surface area contributed by atoms with E-state index in [1.807, 2.05) is 0 Å². The highest BCUT2D eigenvalue weighted by molar-refractivity contribution is 5.50. The van der Waals surface area contributed by atoms with Crippen LogP contribution in [0.1, 0.15) is 113 Å². The SMILES string of the molecule is C=C(C)CC1C=C(CCCCC)C(CC(=C)C)C2=C1C(NCCC)=CC(C)(CCC=C(C)C)C2. The largest absolute Gasteiger partial charge is 0.385 e. The van der Waals surface area contributed by atoms with E-state index in [0.29, 0.717) is 11.8 Å². The molecule has 1 heteroatoms. The van der Waals surface area contributed by atoms with Gasteiger partial charge in [0.05, 0.1) is 0 Å². The first-order chi connectivity index (χ1) is 16.1. The Bertz CT molecular complexity index is 842. The molecule has 0 heterocycles. The van der Waals surface area contributed by atoms with Gasteiger partial charge < -0.3 is 5.32 Å². The number of hydrogen-bond donors (Lipinski definition) is 1. The summed E-state index contributed by atoms with van der Waals surface area (Å²) in [5.41, 5.74) is 10.6. The van der Waals surface area contributed by atoms with Crippen molar-refractivity contribution in [2.24, 2.45) is 17.3 Å². The van der Waals surface area contributed by atoms with Crippen molar-refractivity contribution in [3.63, 3.8) is 0 Å². The fourth-order valence-corrected chi connectivity index (χ4v) is 5.84. The van der Waals surface area contributed by atoms with Crippen LogP contribution in [-0.4, -0.2) is 6.54 Å². The van der Waals surface area contributed by atoms with Crippen LogP contribution in [0, 0.1) is 17.3 Å². The van der Waals surface area contributed by atoms with Crippen LogP contribution < -0.4 is 5.32 Å². The molecule has 0 aromatic rings. The minimum atomic E-state index is 0.188. The molecule has 0 saturated heterocycles. The summed E-state index contributed by atoms with van der Waals surface area (Å²) in [4.78, 5) is 0. The first kappa shape index (κ1) is 28.5. The summed E-state index contributed by atoms with van der Waals surface area (Å²) < 4.78 is 0. The lowest BCUT2D eigenvalue weighted by Crippen LogP contribution is -2.34. The van der Waals surface area contributed by atoms with Gasteiger partial charge in [-0.25, -0.2) is 0 Å². The Morgan fingerprint density at radius 2 is 1.76 bits per heavy atom. The van der Waals surface area contributed by atoms with Crippen molar-refractivity contribution in [1.82, 2.24) is 5.32 Å². The standard InChI is InChI=1S/C33H53N/c1-10-12-13-16-27-21-28(19-25(5)6)32-30(29(27)20-26(7)8)22-33(9,17-14-15-24(3)4)23-31(32)34-18-11-2/h15,21,23,28-29,34H,5,7,10-14,16-20,22H2,1-4,6,8-9H3. The van der Waals surface area contributed by atoms with Gasteiger partial charge in [-0.3, -0.25) is 0 Å². The fraction of sp³-hybridized carbons (Fsp3) is 0.636. The Balaban J connectivity index is 2.56. The quantitative estimate of drug-likeness (QED) is 0.199. The van der Waals surface area contributed by atoms with E-state index in [-0.39, 0.29) is 5.41 Å². The van der Waals surface area contributed by atoms with E-state index in [2.05, 4.69) is 85.2 Å². The van der Waals surface area contributed by atoms with Gasteiger partial charge in [-0.2, -0.15) is 0 Å². The van der Waals surface area contributed by atoms with Gasteiger partial charge in [-0.05, 0) is 90.0 Å². The third kappa shape index (κ3) is 8.17. The van der Waals surface area contributed by atoms with Crippen LogP contribution in [0.2, 0.25) is 0 Å². The molecule has 34 heavy (non-hydrogen) atoms. The van der Waals surface area contributed by atoms with Crippen molar-refractivity contribution < 1.29 is 0 Å². The monoisotopic (exact) mass is 463 g/mol. The summed E-state index contributed by atoms with van der Waals surface area (Å²) in [7, 11) is 0. The Kier molecular flexibility index (Phi) is 11.2. The molecule has 0 bridgehead atoms. The van der Waals surface area contributed by atoms with Crippen LogP contribution in [0.4, 0.5) is 0 Å². The molecule has 3 atom stereocenters. The van der Waals surface area contributed by atoms with Crippen molar-refractivity contribution >= 4 is 0 Å². The fourth-order valence-electron chi connectivity index (χ4n) is 5.84. The lowest BCUT2D eigenvalue weighted by molar-refractivity contribution is 0.354. The van der Waals surface area contributed by atoms with Gasteiger partial charge >= 0.3 is 0 Å². The van der Waals surface area contributed by atoms with Gasteiger partial charge in [0.25, 0.3) is 0 Å². The van der Waals surface area contributed by atoms with Crippen LogP contribution in [0.3, 0.4) is 0 Å². The summed E-state index contributed by atoms with van der Waals surface area (Å²) >= 11 is 0. The zero-order valence-corrected chi connectivity index (χ0v) is 23.6. The van der Waals surface area contributed by atoms with Crippen LogP contribution in [0.15, 0.2) is 70.5 Å². The molecular weight excluding hydrogens is 410 g/mol. The molecule has 3 unspecified atom stereocenters. The summed E-state index contributed by atoms with van der Waals surface area (Å²) in [6.07, 6.45) is 19.6. The molecule has 2 aliphatic carbocycles. The lowest BCUT2D eigenvalue weighted by Gasteiger charge is -2.43. The van der Waals surface area contributed by atoms with E-state index < -0.39 is 0 Å². The molecule has 1 nitrogen and oxygen atoms in total. The van der Waals surface area contributed by atoms with Crippen LogP contribution >= 0.6 is 0 Å². The predicted octanol–water partition coefficient (Wildman–Crippen LogP) is 10.0. The highest BCUT2D eigenvalue weighted by Crippen LogP contribution is 2.51. The normalized spacial score (nSPS) is 24.2. The summed E-state index contributed by atoms with van der Waals surface area (Å²) in [6.45, 7) is 25.6. The average Bonchev–Trinajstić information content (AvgIpc) is 2.73.